The Morgan fingerprint density at radius 1 is 1.04 bits per heavy atom. The van der Waals surface area contributed by atoms with E-state index in [1.807, 2.05) is 30.3 Å². The molecule has 2 aromatic carbocycles. The fraction of sp³-hybridized carbons (Fsp3) is 0.0526. The number of amides is 2. The Balaban J connectivity index is 1.55. The zero-order valence-electron chi connectivity index (χ0n) is 14.5. The number of H-pyrrole nitrogens is 1. The summed E-state index contributed by atoms with van der Waals surface area (Å²) < 4.78 is 10.2. The summed E-state index contributed by atoms with van der Waals surface area (Å²) in [5.41, 5.74) is 6.54. The number of aromatic amines is 1. The lowest BCUT2D eigenvalue weighted by molar-refractivity contribution is 0.0726. The molecule has 0 saturated heterocycles. The maximum atomic E-state index is 12.1. The lowest BCUT2D eigenvalue weighted by Gasteiger charge is -2.08. The number of nitrogens with zero attached hydrogens (tertiary/aromatic N) is 1. The molecular formula is C19H16N4O5. The zero-order valence-corrected chi connectivity index (χ0v) is 14.5. The number of aromatic nitrogens is 2. The molecule has 0 atom stereocenters. The number of nitrogens with one attached hydrogen (secondary N) is 2. The highest BCUT2D eigenvalue weighted by molar-refractivity contribution is 5.96. The van der Waals surface area contributed by atoms with Gasteiger partial charge in [0.25, 0.3) is 11.8 Å². The van der Waals surface area contributed by atoms with Crippen LogP contribution in [0.4, 0.5) is 10.5 Å². The average molecular weight is 380 g/mol. The first-order valence-corrected chi connectivity index (χ1v) is 8.16. The third kappa shape index (κ3) is 4.73. The van der Waals surface area contributed by atoms with Crippen molar-refractivity contribution in [3.8, 4) is 5.88 Å². The molecule has 142 valence electrons. The Hall–Kier alpha value is -4.14. The number of hydrogen-bond donors (Lipinski definition) is 3. The van der Waals surface area contributed by atoms with Gasteiger partial charge in [-0.25, -0.2) is 14.6 Å². The van der Waals surface area contributed by atoms with E-state index in [1.165, 1.54) is 30.6 Å². The highest BCUT2D eigenvalue weighted by Gasteiger charge is 2.17. The minimum absolute atomic E-state index is 0.104. The van der Waals surface area contributed by atoms with Crippen molar-refractivity contribution in [2.24, 2.45) is 5.73 Å². The number of carbonyl (C=O) groups excluding carboxylic acids is 3. The number of benzene rings is 2. The first-order chi connectivity index (χ1) is 13.5. The van der Waals surface area contributed by atoms with Crippen LogP contribution in [0.25, 0.3) is 0 Å². The van der Waals surface area contributed by atoms with Gasteiger partial charge in [-0.3, -0.25) is 10.1 Å². The number of imidazole rings is 1. The number of hydrogen-bond acceptors (Lipinski definition) is 6. The molecule has 28 heavy (non-hydrogen) atoms. The maximum Gasteiger partial charge on any atom is 0.411 e. The Morgan fingerprint density at radius 3 is 2.43 bits per heavy atom. The number of ether oxygens (including phenoxy) is 2. The van der Waals surface area contributed by atoms with Crippen LogP contribution < -0.4 is 15.8 Å². The zero-order chi connectivity index (χ0) is 19.9. The van der Waals surface area contributed by atoms with Gasteiger partial charge >= 0.3 is 12.1 Å². The first kappa shape index (κ1) is 18.6. The van der Waals surface area contributed by atoms with E-state index in [0.717, 1.165) is 5.56 Å². The third-order valence-corrected chi connectivity index (χ3v) is 3.62. The molecule has 0 aliphatic heterocycles. The van der Waals surface area contributed by atoms with Gasteiger partial charge < -0.3 is 20.2 Å². The largest absolute Gasteiger partial charge is 0.444 e. The Labute approximate surface area is 159 Å². The van der Waals surface area contributed by atoms with Crippen LogP contribution in [0.15, 0.2) is 60.9 Å². The van der Waals surface area contributed by atoms with Crippen molar-refractivity contribution in [3.63, 3.8) is 0 Å². The molecule has 3 aromatic rings. The summed E-state index contributed by atoms with van der Waals surface area (Å²) in [5.74, 6) is -1.73. The quantitative estimate of drug-likeness (QED) is 0.562. The normalized spacial score (nSPS) is 10.1. The van der Waals surface area contributed by atoms with Gasteiger partial charge in [0.2, 0.25) is 0 Å². The monoisotopic (exact) mass is 380 g/mol. The van der Waals surface area contributed by atoms with Crippen molar-refractivity contribution < 1.29 is 23.9 Å². The molecule has 0 aliphatic rings. The van der Waals surface area contributed by atoms with E-state index in [9.17, 15) is 14.4 Å². The maximum absolute atomic E-state index is 12.1. The summed E-state index contributed by atoms with van der Waals surface area (Å²) in [5, 5.41) is 2.56. The standard InChI is InChI=1S/C19H16N4O5/c20-16(24)15-17(22-11-21-15)28-18(25)13-6-8-14(9-7-13)23-19(26)27-10-12-4-2-1-3-5-12/h1-9,11H,10H2,(H2,20,24)(H,21,22)(H,23,26). The van der Waals surface area contributed by atoms with E-state index in [2.05, 4.69) is 15.3 Å². The molecule has 1 aromatic heterocycles. The van der Waals surface area contributed by atoms with Crippen LogP contribution in [-0.4, -0.2) is 27.9 Å². The molecular weight excluding hydrogens is 364 g/mol. The summed E-state index contributed by atoms with van der Waals surface area (Å²) >= 11 is 0. The second-order valence-corrected chi connectivity index (χ2v) is 5.60. The van der Waals surface area contributed by atoms with Gasteiger partial charge in [0.1, 0.15) is 6.61 Å². The fourth-order valence-electron chi connectivity index (χ4n) is 2.25. The molecule has 9 nitrogen and oxygen atoms in total. The van der Waals surface area contributed by atoms with E-state index < -0.39 is 18.0 Å². The van der Waals surface area contributed by atoms with Crippen LogP contribution in [0.2, 0.25) is 0 Å². The fourth-order valence-corrected chi connectivity index (χ4v) is 2.25. The van der Waals surface area contributed by atoms with Crippen molar-refractivity contribution in [3.05, 3.63) is 77.7 Å². The summed E-state index contributed by atoms with van der Waals surface area (Å²) in [6, 6.07) is 15.2. The molecule has 0 spiro atoms. The van der Waals surface area contributed by atoms with E-state index >= 15 is 0 Å². The molecule has 0 aliphatic carbocycles. The Bertz CT molecular complexity index is 983. The second kappa shape index (κ2) is 8.49. The number of primary amides is 1. The summed E-state index contributed by atoms with van der Waals surface area (Å²) in [4.78, 5) is 41.4. The highest BCUT2D eigenvalue weighted by atomic mass is 16.5. The Morgan fingerprint density at radius 2 is 1.75 bits per heavy atom. The first-order valence-electron chi connectivity index (χ1n) is 8.16. The summed E-state index contributed by atoms with van der Waals surface area (Å²) in [6.07, 6.45) is 0.568. The molecule has 0 saturated carbocycles. The van der Waals surface area contributed by atoms with Crippen molar-refractivity contribution in [1.29, 1.82) is 0 Å². The topological polar surface area (TPSA) is 136 Å². The molecule has 1 heterocycles. The van der Waals surface area contributed by atoms with Crippen LogP contribution in [-0.2, 0) is 11.3 Å². The van der Waals surface area contributed by atoms with Gasteiger partial charge in [0, 0.05) is 5.69 Å². The summed E-state index contributed by atoms with van der Waals surface area (Å²) in [6.45, 7) is 0.142. The predicted octanol–water partition coefficient (Wildman–Crippen LogP) is 2.48. The molecule has 0 fully saturated rings. The molecule has 2 amide bonds. The minimum Gasteiger partial charge on any atom is -0.444 e. The van der Waals surface area contributed by atoms with Gasteiger partial charge in [-0.15, -0.1) is 0 Å². The van der Waals surface area contributed by atoms with E-state index in [1.54, 1.807) is 0 Å². The molecule has 4 N–H and O–H groups in total. The second-order valence-electron chi connectivity index (χ2n) is 5.60. The number of esters is 1. The molecule has 0 bridgehead atoms. The van der Waals surface area contributed by atoms with Gasteiger partial charge in [-0.1, -0.05) is 30.3 Å². The van der Waals surface area contributed by atoms with Crippen LogP contribution in [0, 0.1) is 0 Å². The van der Waals surface area contributed by atoms with Crippen molar-refractivity contribution in [1.82, 2.24) is 9.97 Å². The minimum atomic E-state index is -0.797. The predicted molar refractivity (Wildman–Crippen MR) is 98.8 cm³/mol. The highest BCUT2D eigenvalue weighted by Crippen LogP contribution is 2.16. The van der Waals surface area contributed by atoms with Crippen molar-refractivity contribution in [2.45, 2.75) is 6.61 Å². The number of rotatable bonds is 6. The van der Waals surface area contributed by atoms with Crippen LogP contribution in [0.5, 0.6) is 5.88 Å². The average Bonchev–Trinajstić information content (AvgIpc) is 3.16. The lowest BCUT2D eigenvalue weighted by atomic mass is 10.2. The van der Waals surface area contributed by atoms with Gasteiger partial charge in [0.15, 0.2) is 5.69 Å². The molecule has 3 rings (SSSR count). The van der Waals surface area contributed by atoms with Crippen LogP contribution >= 0.6 is 0 Å². The van der Waals surface area contributed by atoms with E-state index in [0.29, 0.717) is 5.69 Å². The number of nitrogens with two attached hydrogens (primary N) is 1. The smallest absolute Gasteiger partial charge is 0.411 e. The van der Waals surface area contributed by atoms with Crippen molar-refractivity contribution in [2.75, 3.05) is 5.32 Å². The van der Waals surface area contributed by atoms with E-state index in [-0.39, 0.29) is 23.7 Å². The number of carbonyl (C=O) groups is 3. The SMILES string of the molecule is NC(=O)c1[nH]cnc1OC(=O)c1ccc(NC(=O)OCc2ccccc2)cc1. The van der Waals surface area contributed by atoms with Gasteiger partial charge in [0.05, 0.1) is 11.9 Å². The molecule has 9 heteroatoms. The van der Waals surface area contributed by atoms with Gasteiger partial charge in [-0.2, -0.15) is 0 Å². The van der Waals surface area contributed by atoms with Crippen LogP contribution in [0.3, 0.4) is 0 Å². The molecule has 0 unspecified atom stereocenters. The van der Waals surface area contributed by atoms with Gasteiger partial charge in [-0.05, 0) is 29.8 Å². The number of anilines is 1. The lowest BCUT2D eigenvalue weighted by Crippen LogP contribution is -2.16. The van der Waals surface area contributed by atoms with E-state index in [4.69, 9.17) is 15.2 Å². The van der Waals surface area contributed by atoms with Crippen molar-refractivity contribution >= 4 is 23.7 Å². The summed E-state index contributed by atoms with van der Waals surface area (Å²) in [7, 11) is 0. The molecule has 0 radical (unpaired) electrons. The van der Waals surface area contributed by atoms with Crippen LogP contribution in [0.1, 0.15) is 26.4 Å². The Kier molecular flexibility index (Phi) is 5.66. The third-order valence-electron chi connectivity index (χ3n) is 3.62.